The zero-order chi connectivity index (χ0) is 21.3. The summed E-state index contributed by atoms with van der Waals surface area (Å²) in [4.78, 5) is 40.9. The van der Waals surface area contributed by atoms with E-state index in [1.807, 2.05) is 0 Å². The summed E-state index contributed by atoms with van der Waals surface area (Å²) in [5.74, 6) is -0.535. The number of nitrogens with one attached hydrogen (secondary N) is 2. The Labute approximate surface area is 184 Å². The monoisotopic (exact) mass is 447 g/mol. The summed E-state index contributed by atoms with van der Waals surface area (Å²) < 4.78 is 5.62. The van der Waals surface area contributed by atoms with Crippen LogP contribution in [0.2, 0.25) is 0 Å². The first-order valence-electron chi connectivity index (χ1n) is 9.97. The summed E-state index contributed by atoms with van der Waals surface area (Å²) in [5, 5.41) is 7.67. The average Bonchev–Trinajstić information content (AvgIpc) is 3.39. The fourth-order valence-corrected chi connectivity index (χ4v) is 4.88. The number of thiazole rings is 1. The summed E-state index contributed by atoms with van der Waals surface area (Å²) in [6, 6.07) is 7.24. The van der Waals surface area contributed by atoms with Crippen molar-refractivity contribution in [3.05, 3.63) is 40.9 Å². The van der Waals surface area contributed by atoms with Gasteiger partial charge in [-0.05, 0) is 31.9 Å². The van der Waals surface area contributed by atoms with Crippen LogP contribution in [0.3, 0.4) is 0 Å². The first kappa shape index (κ1) is 22.3. The maximum Gasteiger partial charge on any atom is 0.311 e. The lowest BCUT2D eigenvalue weighted by atomic mass is 10.1. The maximum absolute atomic E-state index is 12.6. The topological polar surface area (TPSA) is 97.4 Å². The number of aromatic nitrogens is 1. The lowest BCUT2D eigenvalue weighted by molar-refractivity contribution is -0.142. The number of carbonyl (C=O) groups excluding carboxylic acids is 3. The van der Waals surface area contributed by atoms with Crippen LogP contribution < -0.4 is 10.6 Å². The van der Waals surface area contributed by atoms with Gasteiger partial charge in [-0.15, -0.1) is 11.3 Å². The smallest absolute Gasteiger partial charge is 0.311 e. The molecule has 0 saturated heterocycles. The molecule has 0 spiro atoms. The molecule has 1 fully saturated rings. The highest BCUT2D eigenvalue weighted by Crippen LogP contribution is 2.24. The number of hydrogen-bond acceptors (Lipinski definition) is 7. The van der Waals surface area contributed by atoms with E-state index in [0.29, 0.717) is 27.9 Å². The normalized spacial score (nSPS) is 13.8. The second-order valence-electron chi connectivity index (χ2n) is 6.92. The van der Waals surface area contributed by atoms with Gasteiger partial charge in [-0.2, -0.15) is 0 Å². The van der Waals surface area contributed by atoms with Crippen molar-refractivity contribution in [1.29, 1.82) is 0 Å². The highest BCUT2D eigenvalue weighted by molar-refractivity contribution is 8.01. The Bertz CT molecular complexity index is 894. The zero-order valence-corrected chi connectivity index (χ0v) is 18.4. The van der Waals surface area contributed by atoms with Crippen molar-refractivity contribution in [2.45, 2.75) is 49.4 Å². The van der Waals surface area contributed by atoms with Crippen molar-refractivity contribution >= 4 is 46.6 Å². The second-order valence-corrected chi connectivity index (χ2v) is 9.00. The minimum Gasteiger partial charge on any atom is -0.466 e. The van der Waals surface area contributed by atoms with Gasteiger partial charge in [-0.3, -0.25) is 14.4 Å². The molecule has 160 valence electrons. The van der Waals surface area contributed by atoms with Crippen molar-refractivity contribution in [2.24, 2.45) is 0 Å². The molecule has 2 amide bonds. The minimum absolute atomic E-state index is 0.126. The number of amides is 2. The number of thioether (sulfide) groups is 1. The quantitative estimate of drug-likeness (QED) is 0.450. The molecule has 2 aromatic rings. The predicted molar refractivity (Wildman–Crippen MR) is 118 cm³/mol. The number of benzene rings is 1. The van der Waals surface area contributed by atoms with E-state index in [1.165, 1.54) is 23.1 Å². The molecule has 0 aliphatic heterocycles. The summed E-state index contributed by atoms with van der Waals surface area (Å²) in [6.07, 6.45) is 4.41. The molecule has 0 unspecified atom stereocenters. The Morgan fingerprint density at radius 3 is 2.77 bits per heavy atom. The van der Waals surface area contributed by atoms with Crippen LogP contribution in [0.5, 0.6) is 0 Å². The van der Waals surface area contributed by atoms with Crippen molar-refractivity contribution in [2.75, 3.05) is 17.7 Å². The number of hydrogen-bond donors (Lipinski definition) is 2. The number of carbonyl (C=O) groups is 3. The molecule has 0 atom stereocenters. The number of esters is 1. The van der Waals surface area contributed by atoms with E-state index in [-0.39, 0.29) is 36.0 Å². The van der Waals surface area contributed by atoms with Crippen LogP contribution in [-0.4, -0.2) is 41.2 Å². The van der Waals surface area contributed by atoms with E-state index < -0.39 is 0 Å². The summed E-state index contributed by atoms with van der Waals surface area (Å²) >= 11 is 2.68. The lowest BCUT2D eigenvalue weighted by Gasteiger charge is -2.14. The number of anilines is 1. The highest BCUT2D eigenvalue weighted by atomic mass is 32.2. The number of rotatable bonds is 9. The molecule has 1 heterocycles. The standard InChI is InChI=1S/C21H25N3O4S2/c1-2-28-19(26)11-15-12-29-21(23-15)30-13-18(25)24-17-10-6-5-9-16(17)20(27)22-14-7-3-4-8-14/h5-6,9-10,12,14H,2-4,7-8,11,13H2,1H3,(H,22,27)(H,24,25). The van der Waals surface area contributed by atoms with E-state index >= 15 is 0 Å². The van der Waals surface area contributed by atoms with Gasteiger partial charge in [0.05, 0.1) is 35.7 Å². The molecular weight excluding hydrogens is 422 g/mol. The summed E-state index contributed by atoms with van der Waals surface area (Å²) in [5.41, 5.74) is 1.60. The Balaban J connectivity index is 1.52. The molecule has 0 radical (unpaired) electrons. The van der Waals surface area contributed by atoms with Crippen molar-refractivity contribution in [3.8, 4) is 0 Å². The zero-order valence-electron chi connectivity index (χ0n) is 16.8. The average molecular weight is 448 g/mol. The third-order valence-electron chi connectivity index (χ3n) is 4.62. The van der Waals surface area contributed by atoms with Gasteiger partial charge in [0.15, 0.2) is 4.34 Å². The molecule has 1 aromatic heterocycles. The van der Waals surface area contributed by atoms with Gasteiger partial charge in [0, 0.05) is 11.4 Å². The molecule has 1 aromatic carbocycles. The number of ether oxygens (including phenoxy) is 1. The molecular formula is C21H25N3O4S2. The Morgan fingerprint density at radius 2 is 2.00 bits per heavy atom. The first-order chi connectivity index (χ1) is 14.5. The van der Waals surface area contributed by atoms with Crippen LogP contribution in [0.25, 0.3) is 0 Å². The minimum atomic E-state index is -0.315. The van der Waals surface area contributed by atoms with E-state index in [9.17, 15) is 14.4 Å². The fraction of sp³-hybridized carbons (Fsp3) is 0.429. The van der Waals surface area contributed by atoms with Gasteiger partial charge >= 0.3 is 5.97 Å². The molecule has 1 aliphatic carbocycles. The summed E-state index contributed by atoms with van der Waals surface area (Å²) in [6.45, 7) is 2.10. The van der Waals surface area contributed by atoms with E-state index in [4.69, 9.17) is 4.74 Å². The third-order valence-corrected chi connectivity index (χ3v) is 6.69. The van der Waals surface area contributed by atoms with Crippen molar-refractivity contribution < 1.29 is 19.1 Å². The van der Waals surface area contributed by atoms with Crippen LogP contribution in [0, 0.1) is 0 Å². The van der Waals surface area contributed by atoms with Crippen LogP contribution in [0.1, 0.15) is 48.7 Å². The van der Waals surface area contributed by atoms with Gasteiger partial charge in [0.25, 0.3) is 5.91 Å². The van der Waals surface area contributed by atoms with E-state index in [1.54, 1.807) is 36.6 Å². The van der Waals surface area contributed by atoms with E-state index in [2.05, 4.69) is 15.6 Å². The van der Waals surface area contributed by atoms with Gasteiger partial charge in [-0.1, -0.05) is 36.7 Å². The Hall–Kier alpha value is -2.39. The van der Waals surface area contributed by atoms with Crippen LogP contribution in [-0.2, 0) is 20.7 Å². The van der Waals surface area contributed by atoms with Gasteiger partial charge in [0.2, 0.25) is 5.91 Å². The van der Waals surface area contributed by atoms with Crippen LogP contribution in [0.15, 0.2) is 34.0 Å². The first-order valence-corrected chi connectivity index (χ1v) is 11.8. The van der Waals surface area contributed by atoms with Crippen LogP contribution >= 0.6 is 23.1 Å². The molecule has 1 aliphatic rings. The van der Waals surface area contributed by atoms with Crippen LogP contribution in [0.4, 0.5) is 5.69 Å². The third kappa shape index (κ3) is 6.56. The second kappa shape index (κ2) is 11.1. The molecule has 3 rings (SSSR count). The van der Waals surface area contributed by atoms with E-state index in [0.717, 1.165) is 25.7 Å². The van der Waals surface area contributed by atoms with Gasteiger partial charge in [-0.25, -0.2) is 4.98 Å². The van der Waals surface area contributed by atoms with Crippen molar-refractivity contribution in [1.82, 2.24) is 10.3 Å². The largest absolute Gasteiger partial charge is 0.466 e. The molecule has 0 bridgehead atoms. The molecule has 7 nitrogen and oxygen atoms in total. The molecule has 2 N–H and O–H groups in total. The lowest BCUT2D eigenvalue weighted by Crippen LogP contribution is -2.33. The highest BCUT2D eigenvalue weighted by Gasteiger charge is 2.20. The molecule has 9 heteroatoms. The SMILES string of the molecule is CCOC(=O)Cc1csc(SCC(=O)Nc2ccccc2C(=O)NC2CCCC2)n1. The molecule has 30 heavy (non-hydrogen) atoms. The van der Waals surface area contributed by atoms with Crippen molar-refractivity contribution in [3.63, 3.8) is 0 Å². The molecule has 1 saturated carbocycles. The predicted octanol–water partition coefficient (Wildman–Crippen LogP) is 3.65. The Kier molecular flexibility index (Phi) is 8.27. The fourth-order valence-electron chi connectivity index (χ4n) is 3.23. The Morgan fingerprint density at radius 1 is 1.23 bits per heavy atom. The number of para-hydroxylation sites is 1. The van der Waals surface area contributed by atoms with Gasteiger partial charge in [0.1, 0.15) is 0 Å². The number of nitrogens with zero attached hydrogens (tertiary/aromatic N) is 1. The summed E-state index contributed by atoms with van der Waals surface area (Å²) in [7, 11) is 0. The van der Waals surface area contributed by atoms with Gasteiger partial charge < -0.3 is 15.4 Å². The maximum atomic E-state index is 12.6.